The fourth-order valence-electron chi connectivity index (χ4n) is 1.42. The highest BCUT2D eigenvalue weighted by Gasteiger charge is 2.11. The van der Waals surface area contributed by atoms with Gasteiger partial charge in [-0.25, -0.2) is 0 Å². The van der Waals surface area contributed by atoms with Crippen molar-refractivity contribution in [3.63, 3.8) is 0 Å². The fourth-order valence-corrected chi connectivity index (χ4v) is 1.42. The quantitative estimate of drug-likeness (QED) is 0.737. The van der Waals surface area contributed by atoms with Crippen molar-refractivity contribution in [2.75, 3.05) is 6.61 Å². The van der Waals surface area contributed by atoms with E-state index in [2.05, 4.69) is 0 Å². The molecule has 0 amide bonds. The van der Waals surface area contributed by atoms with Crippen molar-refractivity contribution in [1.29, 1.82) is 0 Å². The molecule has 1 heterocycles. The molecule has 16 heavy (non-hydrogen) atoms. The highest BCUT2D eigenvalue weighted by Crippen LogP contribution is 2.15. The third-order valence-corrected chi connectivity index (χ3v) is 2.17. The second-order valence-electron chi connectivity index (χ2n) is 3.26. The average Bonchev–Trinajstić information content (AvgIpc) is 2.83. The van der Waals surface area contributed by atoms with E-state index < -0.39 is 0 Å². The van der Waals surface area contributed by atoms with E-state index in [4.69, 9.17) is 9.15 Å². The number of benzene rings is 1. The molecule has 0 saturated carbocycles. The van der Waals surface area contributed by atoms with Crippen LogP contribution in [0.15, 0.2) is 47.1 Å². The van der Waals surface area contributed by atoms with E-state index in [1.807, 2.05) is 6.92 Å². The summed E-state index contributed by atoms with van der Waals surface area (Å²) in [7, 11) is 0. The maximum atomic E-state index is 11.8. The van der Waals surface area contributed by atoms with Gasteiger partial charge in [-0.05, 0) is 43.3 Å². The van der Waals surface area contributed by atoms with Crippen LogP contribution >= 0.6 is 0 Å². The van der Waals surface area contributed by atoms with Gasteiger partial charge in [0.05, 0.1) is 12.9 Å². The first-order valence-corrected chi connectivity index (χ1v) is 5.12. The summed E-state index contributed by atoms with van der Waals surface area (Å²) in [5, 5.41) is 0. The van der Waals surface area contributed by atoms with Crippen LogP contribution in [0.1, 0.15) is 23.0 Å². The largest absolute Gasteiger partial charge is 0.494 e. The number of hydrogen-bond donors (Lipinski definition) is 0. The Morgan fingerprint density at radius 1 is 1.25 bits per heavy atom. The molecule has 0 unspecified atom stereocenters. The van der Waals surface area contributed by atoms with Gasteiger partial charge in [0, 0.05) is 5.56 Å². The predicted octanol–water partition coefficient (Wildman–Crippen LogP) is 2.91. The van der Waals surface area contributed by atoms with Crippen molar-refractivity contribution in [2.24, 2.45) is 0 Å². The van der Waals surface area contributed by atoms with Crippen molar-refractivity contribution in [2.45, 2.75) is 6.92 Å². The lowest BCUT2D eigenvalue weighted by molar-refractivity contribution is 0.101. The second kappa shape index (κ2) is 4.66. The van der Waals surface area contributed by atoms with Crippen LogP contribution in [0.2, 0.25) is 0 Å². The molecule has 0 radical (unpaired) electrons. The molecule has 2 rings (SSSR count). The smallest absolute Gasteiger partial charge is 0.228 e. The molecule has 1 aromatic heterocycles. The van der Waals surface area contributed by atoms with E-state index in [0.29, 0.717) is 17.9 Å². The number of rotatable bonds is 4. The maximum Gasteiger partial charge on any atom is 0.228 e. The molecule has 2 aromatic rings. The minimum atomic E-state index is -0.118. The van der Waals surface area contributed by atoms with Crippen molar-refractivity contribution in [3.8, 4) is 5.75 Å². The summed E-state index contributed by atoms with van der Waals surface area (Å²) >= 11 is 0. The Balaban J connectivity index is 2.19. The Morgan fingerprint density at radius 3 is 2.56 bits per heavy atom. The normalized spacial score (nSPS) is 10.1. The Bertz CT molecular complexity index is 454. The second-order valence-corrected chi connectivity index (χ2v) is 3.26. The first kappa shape index (κ1) is 10.5. The zero-order chi connectivity index (χ0) is 11.4. The van der Waals surface area contributed by atoms with Crippen LogP contribution in [0.3, 0.4) is 0 Å². The minimum absolute atomic E-state index is 0.118. The zero-order valence-corrected chi connectivity index (χ0v) is 8.97. The first-order valence-electron chi connectivity index (χ1n) is 5.12. The number of ketones is 1. The van der Waals surface area contributed by atoms with Gasteiger partial charge in [0.2, 0.25) is 5.78 Å². The Kier molecular flexibility index (Phi) is 3.05. The Hall–Kier alpha value is -2.03. The Labute approximate surface area is 93.7 Å². The fraction of sp³-hybridized carbons (Fsp3) is 0.154. The van der Waals surface area contributed by atoms with Crippen LogP contribution < -0.4 is 4.74 Å². The molecule has 0 saturated heterocycles. The van der Waals surface area contributed by atoms with Gasteiger partial charge in [-0.15, -0.1) is 0 Å². The number of ether oxygens (including phenoxy) is 1. The van der Waals surface area contributed by atoms with E-state index >= 15 is 0 Å². The van der Waals surface area contributed by atoms with Gasteiger partial charge in [-0.2, -0.15) is 0 Å². The van der Waals surface area contributed by atoms with Crippen molar-refractivity contribution in [3.05, 3.63) is 54.0 Å². The van der Waals surface area contributed by atoms with E-state index in [-0.39, 0.29) is 5.78 Å². The van der Waals surface area contributed by atoms with Crippen LogP contribution in [0.25, 0.3) is 0 Å². The van der Waals surface area contributed by atoms with E-state index in [0.717, 1.165) is 5.75 Å². The molecule has 0 aliphatic rings. The predicted molar refractivity (Wildman–Crippen MR) is 59.8 cm³/mol. The molecule has 0 aliphatic carbocycles. The SMILES string of the molecule is CCOc1ccc(C(=O)c2ccco2)cc1. The number of carbonyl (C=O) groups is 1. The lowest BCUT2D eigenvalue weighted by atomic mass is 10.1. The van der Waals surface area contributed by atoms with Gasteiger partial charge in [0.25, 0.3) is 0 Å². The molecule has 0 aliphatic heterocycles. The van der Waals surface area contributed by atoms with Crippen LogP contribution in [0, 0.1) is 0 Å². The van der Waals surface area contributed by atoms with Gasteiger partial charge in [-0.1, -0.05) is 0 Å². The summed E-state index contributed by atoms with van der Waals surface area (Å²) in [5.41, 5.74) is 0.596. The zero-order valence-electron chi connectivity index (χ0n) is 8.97. The first-order chi connectivity index (χ1) is 7.81. The average molecular weight is 216 g/mol. The Morgan fingerprint density at radius 2 is 2.00 bits per heavy atom. The highest BCUT2D eigenvalue weighted by atomic mass is 16.5. The molecular weight excluding hydrogens is 204 g/mol. The molecule has 0 atom stereocenters. The van der Waals surface area contributed by atoms with E-state index in [1.54, 1.807) is 36.4 Å². The van der Waals surface area contributed by atoms with Gasteiger partial charge < -0.3 is 9.15 Å². The number of carbonyl (C=O) groups excluding carboxylic acids is 1. The lowest BCUT2D eigenvalue weighted by Crippen LogP contribution is -1.99. The minimum Gasteiger partial charge on any atom is -0.494 e. The standard InChI is InChI=1S/C13H12O3/c1-2-15-11-7-5-10(6-8-11)13(14)12-4-3-9-16-12/h3-9H,2H2,1H3. The molecule has 0 spiro atoms. The summed E-state index contributed by atoms with van der Waals surface area (Å²) in [4.78, 5) is 11.8. The third-order valence-electron chi connectivity index (χ3n) is 2.17. The van der Waals surface area contributed by atoms with Crippen LogP contribution in [-0.2, 0) is 0 Å². The maximum absolute atomic E-state index is 11.8. The summed E-state index contributed by atoms with van der Waals surface area (Å²) in [6, 6.07) is 10.4. The monoisotopic (exact) mass is 216 g/mol. The van der Waals surface area contributed by atoms with E-state index in [1.165, 1.54) is 6.26 Å². The summed E-state index contributed by atoms with van der Waals surface area (Å²) in [6.45, 7) is 2.54. The number of hydrogen-bond acceptors (Lipinski definition) is 3. The molecule has 0 bridgehead atoms. The summed E-state index contributed by atoms with van der Waals surface area (Å²) < 4.78 is 10.3. The highest BCUT2D eigenvalue weighted by molar-refractivity contribution is 6.07. The van der Waals surface area contributed by atoms with Gasteiger partial charge in [-0.3, -0.25) is 4.79 Å². The summed E-state index contributed by atoms with van der Waals surface area (Å²) in [6.07, 6.45) is 1.49. The van der Waals surface area contributed by atoms with Crippen LogP contribution in [-0.4, -0.2) is 12.4 Å². The van der Waals surface area contributed by atoms with Gasteiger partial charge in [0.1, 0.15) is 5.75 Å². The molecule has 3 heteroatoms. The molecule has 3 nitrogen and oxygen atoms in total. The summed E-state index contributed by atoms with van der Waals surface area (Å²) in [5.74, 6) is 0.996. The van der Waals surface area contributed by atoms with Gasteiger partial charge >= 0.3 is 0 Å². The lowest BCUT2D eigenvalue weighted by Gasteiger charge is -2.03. The number of furan rings is 1. The van der Waals surface area contributed by atoms with Crippen molar-refractivity contribution in [1.82, 2.24) is 0 Å². The molecular formula is C13H12O3. The topological polar surface area (TPSA) is 39.4 Å². The van der Waals surface area contributed by atoms with Crippen molar-refractivity contribution >= 4 is 5.78 Å². The third kappa shape index (κ3) is 2.14. The van der Waals surface area contributed by atoms with Crippen LogP contribution in [0.4, 0.5) is 0 Å². The van der Waals surface area contributed by atoms with Gasteiger partial charge in [0.15, 0.2) is 5.76 Å². The molecule has 0 fully saturated rings. The van der Waals surface area contributed by atoms with Crippen molar-refractivity contribution < 1.29 is 13.9 Å². The van der Waals surface area contributed by atoms with Crippen LogP contribution in [0.5, 0.6) is 5.75 Å². The molecule has 1 aromatic carbocycles. The molecule has 82 valence electrons. The van der Waals surface area contributed by atoms with E-state index in [9.17, 15) is 4.79 Å². The molecule has 0 N–H and O–H groups in total.